The number of nitrogens with one attached hydrogen (secondary N) is 1. The van der Waals surface area contributed by atoms with Crippen LogP contribution in [0.4, 0.5) is 5.69 Å². The van der Waals surface area contributed by atoms with E-state index in [1.165, 1.54) is 0 Å². The lowest BCUT2D eigenvalue weighted by molar-refractivity contribution is -0.128. The van der Waals surface area contributed by atoms with Crippen molar-refractivity contribution in [1.82, 2.24) is 4.90 Å². The van der Waals surface area contributed by atoms with Crippen LogP contribution in [-0.2, 0) is 11.3 Å². The standard InChI is InChI=1S/C19H19N3O3/c20-18(24)14-6-8-16(9-7-14)21-19(25)15-4-1-3-13(11-15)12-22-10-2-5-17(22)23/h1,3-4,6-9,11H,2,5,10,12H2,(H2,20,24)(H,21,25). The van der Waals surface area contributed by atoms with Crippen LogP contribution in [0.5, 0.6) is 0 Å². The van der Waals surface area contributed by atoms with E-state index in [1.54, 1.807) is 47.4 Å². The third kappa shape index (κ3) is 4.03. The average molecular weight is 337 g/mol. The number of nitrogens with two attached hydrogens (primary N) is 1. The number of rotatable bonds is 5. The van der Waals surface area contributed by atoms with Gasteiger partial charge in [0.2, 0.25) is 11.8 Å². The van der Waals surface area contributed by atoms with E-state index in [-0.39, 0.29) is 11.8 Å². The lowest BCUT2D eigenvalue weighted by Crippen LogP contribution is -2.24. The highest BCUT2D eigenvalue weighted by molar-refractivity contribution is 6.04. The number of carbonyl (C=O) groups is 3. The molecule has 3 amide bonds. The molecular weight excluding hydrogens is 318 g/mol. The highest BCUT2D eigenvalue weighted by Gasteiger charge is 2.20. The Kier molecular flexibility index (Phi) is 4.79. The molecule has 1 aliphatic heterocycles. The van der Waals surface area contributed by atoms with Gasteiger partial charge in [0, 0.05) is 36.3 Å². The Morgan fingerprint density at radius 1 is 1.08 bits per heavy atom. The number of carbonyl (C=O) groups excluding carboxylic acids is 3. The van der Waals surface area contributed by atoms with Gasteiger partial charge in [-0.3, -0.25) is 14.4 Å². The van der Waals surface area contributed by atoms with Crippen molar-refractivity contribution < 1.29 is 14.4 Å². The summed E-state index contributed by atoms with van der Waals surface area (Å²) in [7, 11) is 0. The van der Waals surface area contributed by atoms with Crippen LogP contribution in [0, 0.1) is 0 Å². The molecule has 1 heterocycles. The van der Waals surface area contributed by atoms with Gasteiger partial charge >= 0.3 is 0 Å². The van der Waals surface area contributed by atoms with E-state index >= 15 is 0 Å². The molecule has 3 N–H and O–H groups in total. The lowest BCUT2D eigenvalue weighted by atomic mass is 10.1. The van der Waals surface area contributed by atoms with Gasteiger partial charge in [-0.15, -0.1) is 0 Å². The first kappa shape index (κ1) is 16.7. The van der Waals surface area contributed by atoms with Crippen LogP contribution in [0.15, 0.2) is 48.5 Å². The van der Waals surface area contributed by atoms with Crippen LogP contribution < -0.4 is 11.1 Å². The fraction of sp³-hybridized carbons (Fsp3) is 0.211. The molecule has 0 unspecified atom stereocenters. The van der Waals surface area contributed by atoms with Crippen LogP contribution in [0.1, 0.15) is 39.1 Å². The molecule has 1 fully saturated rings. The number of anilines is 1. The van der Waals surface area contributed by atoms with E-state index in [9.17, 15) is 14.4 Å². The summed E-state index contributed by atoms with van der Waals surface area (Å²) < 4.78 is 0. The highest BCUT2D eigenvalue weighted by atomic mass is 16.2. The predicted octanol–water partition coefficient (Wildman–Crippen LogP) is 2.16. The molecule has 6 heteroatoms. The van der Waals surface area contributed by atoms with Crippen molar-refractivity contribution in [3.63, 3.8) is 0 Å². The van der Waals surface area contributed by atoms with E-state index < -0.39 is 5.91 Å². The smallest absolute Gasteiger partial charge is 0.255 e. The molecule has 6 nitrogen and oxygen atoms in total. The van der Waals surface area contributed by atoms with Crippen molar-refractivity contribution in [3.05, 3.63) is 65.2 Å². The second-order valence-electron chi connectivity index (χ2n) is 6.01. The Balaban J connectivity index is 1.68. The number of amides is 3. The Morgan fingerprint density at radius 3 is 2.48 bits per heavy atom. The van der Waals surface area contributed by atoms with Gasteiger partial charge in [-0.25, -0.2) is 0 Å². The Bertz CT molecular complexity index is 815. The summed E-state index contributed by atoms with van der Waals surface area (Å²) in [5.74, 6) is -0.604. The Labute approximate surface area is 145 Å². The topological polar surface area (TPSA) is 92.5 Å². The van der Waals surface area contributed by atoms with Crippen LogP contribution in [-0.4, -0.2) is 29.2 Å². The molecule has 0 radical (unpaired) electrons. The average Bonchev–Trinajstić information content (AvgIpc) is 3.00. The SMILES string of the molecule is NC(=O)c1ccc(NC(=O)c2cccc(CN3CCCC3=O)c2)cc1. The molecule has 0 saturated carbocycles. The van der Waals surface area contributed by atoms with Crippen molar-refractivity contribution in [2.24, 2.45) is 5.73 Å². The Morgan fingerprint density at radius 2 is 1.84 bits per heavy atom. The normalized spacial score (nSPS) is 13.8. The summed E-state index contributed by atoms with van der Waals surface area (Å²) in [6.07, 6.45) is 1.49. The van der Waals surface area contributed by atoms with Crippen molar-refractivity contribution >= 4 is 23.4 Å². The van der Waals surface area contributed by atoms with Gasteiger partial charge in [0.1, 0.15) is 0 Å². The Hall–Kier alpha value is -3.15. The minimum absolute atomic E-state index is 0.157. The molecule has 3 rings (SSSR count). The maximum absolute atomic E-state index is 12.4. The monoisotopic (exact) mass is 337 g/mol. The van der Waals surface area contributed by atoms with Gasteiger partial charge < -0.3 is 16.0 Å². The summed E-state index contributed by atoms with van der Waals surface area (Å²) in [5.41, 5.74) is 7.60. The molecule has 0 aliphatic carbocycles. The summed E-state index contributed by atoms with van der Waals surface area (Å²) in [5, 5.41) is 2.78. The van der Waals surface area contributed by atoms with E-state index in [4.69, 9.17) is 5.73 Å². The minimum atomic E-state index is -0.512. The van der Waals surface area contributed by atoms with Crippen LogP contribution in [0.2, 0.25) is 0 Å². The zero-order valence-corrected chi connectivity index (χ0v) is 13.7. The van der Waals surface area contributed by atoms with Gasteiger partial charge in [-0.1, -0.05) is 12.1 Å². The summed E-state index contributed by atoms with van der Waals surface area (Å²) in [6.45, 7) is 1.29. The first-order chi connectivity index (χ1) is 12.0. The number of likely N-dealkylation sites (tertiary alicyclic amines) is 1. The number of nitrogens with zero attached hydrogens (tertiary/aromatic N) is 1. The van der Waals surface area contributed by atoms with E-state index in [0.29, 0.717) is 29.8 Å². The summed E-state index contributed by atoms with van der Waals surface area (Å²) in [4.78, 5) is 37.0. The lowest BCUT2D eigenvalue weighted by Gasteiger charge is -2.16. The minimum Gasteiger partial charge on any atom is -0.366 e. The van der Waals surface area contributed by atoms with Crippen LogP contribution >= 0.6 is 0 Å². The second kappa shape index (κ2) is 7.17. The number of benzene rings is 2. The van der Waals surface area contributed by atoms with Gasteiger partial charge in [0.25, 0.3) is 5.91 Å². The molecule has 128 valence electrons. The first-order valence-electron chi connectivity index (χ1n) is 8.11. The molecular formula is C19H19N3O3. The van der Waals surface area contributed by atoms with Gasteiger partial charge in [0.15, 0.2) is 0 Å². The first-order valence-corrected chi connectivity index (χ1v) is 8.11. The predicted molar refractivity (Wildman–Crippen MR) is 94.0 cm³/mol. The molecule has 25 heavy (non-hydrogen) atoms. The maximum Gasteiger partial charge on any atom is 0.255 e. The molecule has 1 saturated heterocycles. The number of hydrogen-bond acceptors (Lipinski definition) is 3. The molecule has 2 aromatic carbocycles. The summed E-state index contributed by atoms with van der Waals surface area (Å²) in [6, 6.07) is 13.6. The largest absolute Gasteiger partial charge is 0.366 e. The van der Waals surface area contributed by atoms with Crippen molar-refractivity contribution in [1.29, 1.82) is 0 Å². The van der Waals surface area contributed by atoms with Gasteiger partial charge in [0.05, 0.1) is 0 Å². The number of hydrogen-bond donors (Lipinski definition) is 2. The second-order valence-corrected chi connectivity index (χ2v) is 6.01. The van der Waals surface area contributed by atoms with Gasteiger partial charge in [-0.05, 0) is 48.4 Å². The quantitative estimate of drug-likeness (QED) is 0.875. The molecule has 0 bridgehead atoms. The third-order valence-electron chi connectivity index (χ3n) is 4.16. The molecule has 2 aromatic rings. The fourth-order valence-corrected chi connectivity index (χ4v) is 2.82. The van der Waals surface area contributed by atoms with E-state index in [1.807, 2.05) is 6.07 Å². The zero-order chi connectivity index (χ0) is 17.8. The molecule has 0 spiro atoms. The van der Waals surface area contributed by atoms with Crippen molar-refractivity contribution in [2.45, 2.75) is 19.4 Å². The van der Waals surface area contributed by atoms with E-state index in [0.717, 1.165) is 18.5 Å². The van der Waals surface area contributed by atoms with Crippen LogP contribution in [0.25, 0.3) is 0 Å². The van der Waals surface area contributed by atoms with Gasteiger partial charge in [-0.2, -0.15) is 0 Å². The third-order valence-corrected chi connectivity index (χ3v) is 4.16. The highest BCUT2D eigenvalue weighted by Crippen LogP contribution is 2.16. The molecule has 1 aliphatic rings. The van der Waals surface area contributed by atoms with Crippen LogP contribution in [0.3, 0.4) is 0 Å². The molecule has 0 aromatic heterocycles. The van der Waals surface area contributed by atoms with Crippen molar-refractivity contribution in [3.8, 4) is 0 Å². The van der Waals surface area contributed by atoms with E-state index in [2.05, 4.69) is 5.32 Å². The number of primary amides is 1. The zero-order valence-electron chi connectivity index (χ0n) is 13.7. The van der Waals surface area contributed by atoms with Crippen molar-refractivity contribution in [2.75, 3.05) is 11.9 Å². The summed E-state index contributed by atoms with van der Waals surface area (Å²) >= 11 is 0. The fourth-order valence-electron chi connectivity index (χ4n) is 2.82. The maximum atomic E-state index is 12.4. The molecule has 0 atom stereocenters.